The van der Waals surface area contributed by atoms with Gasteiger partial charge < -0.3 is 4.74 Å². The lowest BCUT2D eigenvalue weighted by Crippen LogP contribution is -2.13. The van der Waals surface area contributed by atoms with E-state index in [-0.39, 0.29) is 0 Å². The molecule has 1 unspecified atom stereocenters. The molecule has 0 saturated heterocycles. The second-order valence-electron chi connectivity index (χ2n) is 4.37. The Morgan fingerprint density at radius 3 is 2.67 bits per heavy atom. The zero-order chi connectivity index (χ0) is 10.8. The molecule has 0 radical (unpaired) electrons. The van der Waals surface area contributed by atoms with Gasteiger partial charge in [0, 0.05) is 5.56 Å². The second kappa shape index (κ2) is 4.05. The Hall–Kier alpha value is -1.31. The summed E-state index contributed by atoms with van der Waals surface area (Å²) >= 11 is 0. The third-order valence-electron chi connectivity index (χ3n) is 2.82. The van der Waals surface area contributed by atoms with Gasteiger partial charge in [-0.2, -0.15) is 0 Å². The van der Waals surface area contributed by atoms with E-state index >= 15 is 0 Å². The number of hydrogen-bond donors (Lipinski definition) is 0. The molecule has 0 spiro atoms. The van der Waals surface area contributed by atoms with E-state index in [4.69, 9.17) is 4.74 Å². The second-order valence-corrected chi connectivity index (χ2v) is 4.37. The van der Waals surface area contributed by atoms with Crippen molar-refractivity contribution in [2.24, 2.45) is 10.9 Å². The van der Waals surface area contributed by atoms with Crippen molar-refractivity contribution in [3.8, 4) is 0 Å². The van der Waals surface area contributed by atoms with Crippen molar-refractivity contribution in [2.75, 3.05) is 6.61 Å². The van der Waals surface area contributed by atoms with Gasteiger partial charge in [-0.15, -0.1) is 0 Å². The number of rotatable bonds is 2. The van der Waals surface area contributed by atoms with E-state index < -0.39 is 0 Å². The fourth-order valence-corrected chi connectivity index (χ4v) is 1.69. The Morgan fingerprint density at radius 1 is 1.33 bits per heavy atom. The van der Waals surface area contributed by atoms with Crippen LogP contribution in [0.5, 0.6) is 0 Å². The summed E-state index contributed by atoms with van der Waals surface area (Å²) in [7, 11) is 0. The number of hydrogen-bond acceptors (Lipinski definition) is 2. The number of nitrogens with zero attached hydrogens (tertiary/aromatic N) is 1. The van der Waals surface area contributed by atoms with Crippen LogP contribution in [0.1, 0.15) is 25.0 Å². The number of aryl methyl sites for hydroxylation is 1. The highest BCUT2D eigenvalue weighted by Crippen LogP contribution is 2.19. The van der Waals surface area contributed by atoms with Gasteiger partial charge in [0.25, 0.3) is 0 Å². The first kappa shape index (κ1) is 10.2. The van der Waals surface area contributed by atoms with Crippen LogP contribution in [0.4, 0.5) is 0 Å². The van der Waals surface area contributed by atoms with E-state index in [1.54, 1.807) is 0 Å². The zero-order valence-corrected chi connectivity index (χ0v) is 9.53. The number of aliphatic imine (C=N–C) groups is 1. The van der Waals surface area contributed by atoms with Gasteiger partial charge in [-0.05, 0) is 24.5 Å². The molecule has 1 aromatic rings. The van der Waals surface area contributed by atoms with Crippen LogP contribution in [-0.2, 0) is 4.74 Å². The Labute approximate surface area is 91.0 Å². The minimum absolute atomic E-state index is 0.319. The summed E-state index contributed by atoms with van der Waals surface area (Å²) in [6.07, 6.45) is 0. The molecule has 1 aromatic carbocycles. The minimum atomic E-state index is 0.319. The quantitative estimate of drug-likeness (QED) is 0.724. The van der Waals surface area contributed by atoms with E-state index in [0.29, 0.717) is 12.0 Å². The molecule has 0 aliphatic carbocycles. The summed E-state index contributed by atoms with van der Waals surface area (Å²) in [5.41, 5.74) is 2.35. The van der Waals surface area contributed by atoms with Crippen molar-refractivity contribution < 1.29 is 4.74 Å². The summed E-state index contributed by atoms with van der Waals surface area (Å²) < 4.78 is 5.64. The Balaban J connectivity index is 2.27. The number of ether oxygens (including phenoxy) is 1. The standard InChI is InChI=1S/C13H17NO/c1-9(2)12-8-15-13(14-12)11-7-5-4-6-10(11)3/h4-7,9,12H,8H2,1-3H3. The highest BCUT2D eigenvalue weighted by Gasteiger charge is 2.23. The van der Waals surface area contributed by atoms with Crippen molar-refractivity contribution in [2.45, 2.75) is 26.8 Å². The molecule has 0 aromatic heterocycles. The van der Waals surface area contributed by atoms with E-state index in [1.165, 1.54) is 5.56 Å². The average Bonchev–Trinajstić information content (AvgIpc) is 2.67. The summed E-state index contributed by atoms with van der Waals surface area (Å²) in [5.74, 6) is 1.36. The monoisotopic (exact) mass is 203 g/mol. The maximum absolute atomic E-state index is 5.64. The van der Waals surface area contributed by atoms with Gasteiger partial charge in [0.1, 0.15) is 6.61 Å². The van der Waals surface area contributed by atoms with Crippen LogP contribution in [0.2, 0.25) is 0 Å². The SMILES string of the molecule is Cc1ccccc1C1=NC(C(C)C)CO1. The van der Waals surface area contributed by atoms with Gasteiger partial charge in [-0.3, -0.25) is 0 Å². The van der Waals surface area contributed by atoms with Crippen LogP contribution < -0.4 is 0 Å². The van der Waals surface area contributed by atoms with Crippen LogP contribution in [0.15, 0.2) is 29.3 Å². The minimum Gasteiger partial charge on any atom is -0.475 e. The molecule has 2 nitrogen and oxygen atoms in total. The largest absolute Gasteiger partial charge is 0.475 e. The molecule has 0 bridgehead atoms. The fraction of sp³-hybridized carbons (Fsp3) is 0.462. The molecule has 1 aliphatic heterocycles. The predicted octanol–water partition coefficient (Wildman–Crippen LogP) is 2.80. The summed E-state index contributed by atoms with van der Waals surface area (Å²) in [4.78, 5) is 4.61. The molecule has 80 valence electrons. The van der Waals surface area contributed by atoms with Gasteiger partial charge in [0.15, 0.2) is 0 Å². The van der Waals surface area contributed by atoms with E-state index in [9.17, 15) is 0 Å². The summed E-state index contributed by atoms with van der Waals surface area (Å²) in [6.45, 7) is 7.17. The van der Waals surface area contributed by atoms with Crippen LogP contribution >= 0.6 is 0 Å². The third kappa shape index (κ3) is 2.04. The Bertz CT molecular complexity index is 382. The zero-order valence-electron chi connectivity index (χ0n) is 9.53. The summed E-state index contributed by atoms with van der Waals surface area (Å²) in [6, 6.07) is 8.53. The molecule has 2 heteroatoms. The number of benzene rings is 1. The molecule has 15 heavy (non-hydrogen) atoms. The maximum atomic E-state index is 5.64. The van der Waals surface area contributed by atoms with Crippen molar-refractivity contribution >= 4 is 5.90 Å². The van der Waals surface area contributed by atoms with Gasteiger partial charge >= 0.3 is 0 Å². The normalized spacial score (nSPS) is 20.3. The fourth-order valence-electron chi connectivity index (χ4n) is 1.69. The highest BCUT2D eigenvalue weighted by molar-refractivity contribution is 5.96. The van der Waals surface area contributed by atoms with E-state index in [0.717, 1.165) is 18.1 Å². The molecule has 0 fully saturated rings. The Kier molecular flexibility index (Phi) is 2.76. The molecule has 0 saturated carbocycles. The maximum Gasteiger partial charge on any atom is 0.216 e. The van der Waals surface area contributed by atoms with Crippen molar-refractivity contribution in [3.63, 3.8) is 0 Å². The average molecular weight is 203 g/mol. The van der Waals surface area contributed by atoms with Gasteiger partial charge in [-0.25, -0.2) is 4.99 Å². The van der Waals surface area contributed by atoms with E-state index in [2.05, 4.69) is 37.9 Å². The lowest BCUT2D eigenvalue weighted by molar-refractivity contribution is 0.292. The molecule has 2 rings (SSSR count). The van der Waals surface area contributed by atoms with Gasteiger partial charge in [-0.1, -0.05) is 32.0 Å². The van der Waals surface area contributed by atoms with Crippen LogP contribution in [0.3, 0.4) is 0 Å². The first-order valence-electron chi connectivity index (χ1n) is 5.45. The Morgan fingerprint density at radius 2 is 2.07 bits per heavy atom. The van der Waals surface area contributed by atoms with Crippen molar-refractivity contribution in [1.82, 2.24) is 0 Å². The molecular weight excluding hydrogens is 186 g/mol. The van der Waals surface area contributed by atoms with Crippen LogP contribution in [-0.4, -0.2) is 18.5 Å². The topological polar surface area (TPSA) is 21.6 Å². The predicted molar refractivity (Wildman–Crippen MR) is 62.3 cm³/mol. The van der Waals surface area contributed by atoms with Gasteiger partial charge in [0.2, 0.25) is 5.90 Å². The lowest BCUT2D eigenvalue weighted by atomic mass is 10.1. The molecule has 0 N–H and O–H groups in total. The molecular formula is C13H17NO. The first-order valence-corrected chi connectivity index (χ1v) is 5.45. The van der Waals surface area contributed by atoms with E-state index in [1.807, 2.05) is 12.1 Å². The molecule has 0 amide bonds. The lowest BCUT2D eigenvalue weighted by Gasteiger charge is -2.06. The van der Waals surface area contributed by atoms with Gasteiger partial charge in [0.05, 0.1) is 6.04 Å². The van der Waals surface area contributed by atoms with Crippen LogP contribution in [0.25, 0.3) is 0 Å². The molecule has 1 heterocycles. The summed E-state index contributed by atoms with van der Waals surface area (Å²) in [5, 5.41) is 0. The molecule has 1 aliphatic rings. The first-order chi connectivity index (χ1) is 7.18. The van der Waals surface area contributed by atoms with Crippen molar-refractivity contribution in [1.29, 1.82) is 0 Å². The van der Waals surface area contributed by atoms with Crippen LogP contribution in [0, 0.1) is 12.8 Å². The molecule has 1 atom stereocenters. The van der Waals surface area contributed by atoms with Crippen molar-refractivity contribution in [3.05, 3.63) is 35.4 Å². The smallest absolute Gasteiger partial charge is 0.216 e. The third-order valence-corrected chi connectivity index (χ3v) is 2.82. The highest BCUT2D eigenvalue weighted by atomic mass is 16.5.